The summed E-state index contributed by atoms with van der Waals surface area (Å²) in [6.07, 6.45) is 1.14. The Bertz CT molecular complexity index is 1030. The quantitative estimate of drug-likeness (QED) is 0.505. The summed E-state index contributed by atoms with van der Waals surface area (Å²) in [6, 6.07) is 11.7. The number of nitrogens with zero attached hydrogens (tertiary/aromatic N) is 4. The molecule has 0 aliphatic rings. The number of para-hydroxylation sites is 1. The summed E-state index contributed by atoms with van der Waals surface area (Å²) in [6.45, 7) is 0. The molecule has 0 unspecified atom stereocenters. The third kappa shape index (κ3) is 3.06. The van der Waals surface area contributed by atoms with Gasteiger partial charge in [0, 0.05) is 6.07 Å². The Morgan fingerprint density at radius 2 is 1.80 bits per heavy atom. The van der Waals surface area contributed by atoms with Crippen LogP contribution in [0.5, 0.6) is 5.75 Å². The molecule has 3 rings (SSSR count). The first-order valence-corrected chi connectivity index (χ1v) is 8.43. The number of methoxy groups -OCH3 is 1. The van der Waals surface area contributed by atoms with Gasteiger partial charge in [-0.1, -0.05) is 17.3 Å². The highest BCUT2D eigenvalue weighted by molar-refractivity contribution is 7.89. The zero-order valence-electron chi connectivity index (χ0n) is 12.9. The molecule has 0 radical (unpaired) electrons. The fraction of sp³-hybridized carbons (Fsp3) is 0.0667. The van der Waals surface area contributed by atoms with Gasteiger partial charge in [0.05, 0.1) is 28.7 Å². The predicted molar refractivity (Wildman–Crippen MR) is 87.7 cm³/mol. The molecule has 0 amide bonds. The maximum absolute atomic E-state index is 12.6. The fourth-order valence-corrected chi connectivity index (χ4v) is 3.26. The minimum Gasteiger partial charge on any atom is -0.497 e. The predicted octanol–water partition coefficient (Wildman–Crippen LogP) is 2.10. The second-order valence-electron chi connectivity index (χ2n) is 4.93. The van der Waals surface area contributed by atoms with Gasteiger partial charge in [0.1, 0.15) is 11.4 Å². The summed E-state index contributed by atoms with van der Waals surface area (Å²) in [7, 11) is -2.49. The van der Waals surface area contributed by atoms with Crippen LogP contribution in [0.15, 0.2) is 59.6 Å². The minimum atomic E-state index is -3.97. The van der Waals surface area contributed by atoms with Crippen molar-refractivity contribution in [1.29, 1.82) is 0 Å². The lowest BCUT2D eigenvalue weighted by Crippen LogP contribution is -2.13. The first kappa shape index (κ1) is 16.6. The molecule has 1 heterocycles. The molecule has 0 saturated heterocycles. The van der Waals surface area contributed by atoms with E-state index in [4.69, 9.17) is 4.74 Å². The molecule has 0 atom stereocenters. The molecule has 25 heavy (non-hydrogen) atoms. The monoisotopic (exact) mass is 360 g/mol. The lowest BCUT2D eigenvalue weighted by atomic mass is 10.1. The SMILES string of the molecule is COc1ccc(S(=O)(=O)n2cc(-c3ccccc3[N+](=O)[O-])nn2)cc1. The van der Waals surface area contributed by atoms with E-state index in [2.05, 4.69) is 10.3 Å². The average molecular weight is 360 g/mol. The van der Waals surface area contributed by atoms with E-state index in [1.54, 1.807) is 6.07 Å². The van der Waals surface area contributed by atoms with Gasteiger partial charge in [-0.2, -0.15) is 8.42 Å². The highest BCUT2D eigenvalue weighted by atomic mass is 32.2. The lowest BCUT2D eigenvalue weighted by Gasteiger charge is -2.04. The number of rotatable bonds is 5. The average Bonchev–Trinajstić information content (AvgIpc) is 3.12. The van der Waals surface area contributed by atoms with Gasteiger partial charge in [-0.05, 0) is 30.3 Å². The van der Waals surface area contributed by atoms with Gasteiger partial charge in [0.15, 0.2) is 0 Å². The molecule has 1 aromatic heterocycles. The number of hydrogen-bond acceptors (Lipinski definition) is 7. The molecule has 0 spiro atoms. The summed E-state index contributed by atoms with van der Waals surface area (Å²) in [5.74, 6) is 0.512. The van der Waals surface area contributed by atoms with Crippen LogP contribution in [-0.4, -0.2) is 34.9 Å². The van der Waals surface area contributed by atoms with Crippen LogP contribution in [0.3, 0.4) is 0 Å². The third-order valence-electron chi connectivity index (χ3n) is 3.45. The van der Waals surface area contributed by atoms with Crippen LogP contribution in [0.25, 0.3) is 11.3 Å². The molecule has 3 aromatic rings. The maximum atomic E-state index is 12.6. The van der Waals surface area contributed by atoms with E-state index in [0.717, 1.165) is 6.20 Å². The summed E-state index contributed by atoms with van der Waals surface area (Å²) < 4.78 is 30.8. The normalized spacial score (nSPS) is 11.2. The van der Waals surface area contributed by atoms with Crippen molar-refractivity contribution >= 4 is 15.7 Å². The molecule has 0 aliphatic carbocycles. The van der Waals surface area contributed by atoms with Crippen molar-refractivity contribution < 1.29 is 18.1 Å². The summed E-state index contributed by atoms with van der Waals surface area (Å²) in [5.41, 5.74) is 0.0875. The number of ether oxygens (including phenoxy) is 1. The number of aromatic nitrogens is 3. The van der Waals surface area contributed by atoms with E-state index in [-0.39, 0.29) is 21.8 Å². The van der Waals surface area contributed by atoms with E-state index in [9.17, 15) is 18.5 Å². The number of nitro groups is 1. The topological polar surface area (TPSA) is 117 Å². The van der Waals surface area contributed by atoms with Crippen molar-refractivity contribution in [3.8, 4) is 17.0 Å². The van der Waals surface area contributed by atoms with Crippen LogP contribution in [0.1, 0.15) is 0 Å². The molecule has 2 aromatic carbocycles. The standard InChI is InChI=1S/C15H12N4O5S/c1-24-11-6-8-12(9-7-11)25(22,23)18-10-14(16-17-18)13-4-2-3-5-15(13)19(20)21/h2-10H,1H3. The van der Waals surface area contributed by atoms with Gasteiger partial charge in [-0.15, -0.1) is 9.19 Å². The van der Waals surface area contributed by atoms with Crippen LogP contribution in [0, 0.1) is 10.1 Å². The Labute approximate surface area is 142 Å². The van der Waals surface area contributed by atoms with Crippen molar-refractivity contribution in [2.75, 3.05) is 7.11 Å². The Hall–Kier alpha value is -3.27. The summed E-state index contributed by atoms with van der Waals surface area (Å²) >= 11 is 0. The van der Waals surface area contributed by atoms with Crippen molar-refractivity contribution in [3.05, 3.63) is 64.8 Å². The summed E-state index contributed by atoms with van der Waals surface area (Å²) in [4.78, 5) is 10.5. The number of hydrogen-bond donors (Lipinski definition) is 0. The number of nitro benzene ring substituents is 1. The highest BCUT2D eigenvalue weighted by Crippen LogP contribution is 2.28. The Morgan fingerprint density at radius 3 is 2.44 bits per heavy atom. The minimum absolute atomic E-state index is 0.00712. The van der Waals surface area contributed by atoms with Crippen LogP contribution in [0.4, 0.5) is 5.69 Å². The lowest BCUT2D eigenvalue weighted by molar-refractivity contribution is -0.384. The molecule has 0 bridgehead atoms. The van der Waals surface area contributed by atoms with Crippen molar-refractivity contribution in [2.24, 2.45) is 0 Å². The summed E-state index contributed by atoms with van der Waals surface area (Å²) in [5, 5.41) is 18.5. The fourth-order valence-electron chi connectivity index (χ4n) is 2.19. The molecule has 128 valence electrons. The third-order valence-corrected chi connectivity index (χ3v) is 4.99. The molecule has 0 aliphatic heterocycles. The van der Waals surface area contributed by atoms with Gasteiger partial charge in [-0.25, -0.2) is 0 Å². The van der Waals surface area contributed by atoms with Crippen molar-refractivity contribution in [3.63, 3.8) is 0 Å². The van der Waals surface area contributed by atoms with E-state index in [1.807, 2.05) is 0 Å². The molecule has 0 fully saturated rings. The highest BCUT2D eigenvalue weighted by Gasteiger charge is 2.22. The van der Waals surface area contributed by atoms with E-state index < -0.39 is 14.9 Å². The number of benzene rings is 2. The van der Waals surface area contributed by atoms with E-state index >= 15 is 0 Å². The molecule has 0 saturated carbocycles. The second-order valence-corrected chi connectivity index (χ2v) is 6.73. The molecular weight excluding hydrogens is 348 g/mol. The molecular formula is C15H12N4O5S. The van der Waals surface area contributed by atoms with E-state index in [1.165, 1.54) is 49.6 Å². The van der Waals surface area contributed by atoms with E-state index in [0.29, 0.717) is 9.84 Å². The van der Waals surface area contributed by atoms with Crippen LogP contribution in [0.2, 0.25) is 0 Å². The largest absolute Gasteiger partial charge is 0.497 e. The molecule has 10 heteroatoms. The second kappa shape index (κ2) is 6.32. The van der Waals surface area contributed by atoms with Crippen molar-refractivity contribution in [1.82, 2.24) is 14.4 Å². The Kier molecular flexibility index (Phi) is 4.19. The Morgan fingerprint density at radius 1 is 1.12 bits per heavy atom. The van der Waals surface area contributed by atoms with Crippen LogP contribution >= 0.6 is 0 Å². The zero-order valence-corrected chi connectivity index (χ0v) is 13.8. The molecule has 9 nitrogen and oxygen atoms in total. The van der Waals surface area contributed by atoms with Gasteiger partial charge < -0.3 is 4.74 Å². The van der Waals surface area contributed by atoms with Gasteiger partial charge in [-0.3, -0.25) is 10.1 Å². The van der Waals surface area contributed by atoms with Gasteiger partial charge in [0.25, 0.3) is 15.7 Å². The zero-order chi connectivity index (χ0) is 18.0. The first-order chi connectivity index (χ1) is 11.9. The van der Waals surface area contributed by atoms with Gasteiger partial charge >= 0.3 is 0 Å². The first-order valence-electron chi connectivity index (χ1n) is 6.99. The van der Waals surface area contributed by atoms with Crippen LogP contribution < -0.4 is 4.74 Å². The van der Waals surface area contributed by atoms with Crippen molar-refractivity contribution in [2.45, 2.75) is 4.90 Å². The van der Waals surface area contributed by atoms with Crippen LogP contribution in [-0.2, 0) is 10.0 Å². The Balaban J connectivity index is 2.02. The maximum Gasteiger partial charge on any atom is 0.284 e. The van der Waals surface area contributed by atoms with Gasteiger partial charge in [0.2, 0.25) is 0 Å². The smallest absolute Gasteiger partial charge is 0.284 e. The molecule has 0 N–H and O–H groups in total.